The first-order valence-corrected chi connectivity index (χ1v) is 10.9. The Morgan fingerprint density at radius 1 is 1.00 bits per heavy atom. The van der Waals surface area contributed by atoms with Gasteiger partial charge in [0.1, 0.15) is 18.1 Å². The lowest BCUT2D eigenvalue weighted by molar-refractivity contribution is 0.102. The van der Waals surface area contributed by atoms with E-state index in [-0.39, 0.29) is 12.6 Å². The quantitative estimate of drug-likeness (QED) is 0.307. The molecule has 0 saturated carbocycles. The zero-order chi connectivity index (χ0) is 22.3. The average molecular weight is 513 g/mol. The van der Waals surface area contributed by atoms with Crippen LogP contribution in [0, 0.1) is 0 Å². The predicted molar refractivity (Wildman–Crippen MR) is 127 cm³/mol. The summed E-state index contributed by atoms with van der Waals surface area (Å²) in [6.07, 6.45) is 3.29. The highest BCUT2D eigenvalue weighted by molar-refractivity contribution is 9.10. The highest BCUT2D eigenvalue weighted by Gasteiger charge is 2.08. The number of amides is 1. The first-order valence-electron chi connectivity index (χ1n) is 9.75. The Hall–Kier alpha value is -3.29. The molecule has 32 heavy (non-hydrogen) atoms. The summed E-state index contributed by atoms with van der Waals surface area (Å²) in [5, 5.41) is 7.67. The maximum atomic E-state index is 12.5. The van der Waals surface area contributed by atoms with Gasteiger partial charge in [-0.3, -0.25) is 4.79 Å². The van der Waals surface area contributed by atoms with Gasteiger partial charge in [0.15, 0.2) is 6.73 Å². The number of halogens is 2. The van der Waals surface area contributed by atoms with Crippen LogP contribution in [0.25, 0.3) is 0 Å². The van der Waals surface area contributed by atoms with Crippen molar-refractivity contribution in [3.63, 3.8) is 0 Å². The van der Waals surface area contributed by atoms with Gasteiger partial charge in [-0.15, -0.1) is 0 Å². The van der Waals surface area contributed by atoms with Crippen molar-refractivity contribution in [1.82, 2.24) is 9.78 Å². The second-order valence-corrected chi connectivity index (χ2v) is 8.25. The molecule has 0 fully saturated rings. The molecule has 4 rings (SSSR count). The number of rotatable bonds is 8. The fraction of sp³-hybridized carbons (Fsp3) is 0.0833. The van der Waals surface area contributed by atoms with Crippen LogP contribution in [0.1, 0.15) is 15.9 Å². The van der Waals surface area contributed by atoms with Crippen LogP contribution in [-0.4, -0.2) is 15.7 Å². The number of carbonyl (C=O) groups excluding carboxylic acids is 1. The van der Waals surface area contributed by atoms with E-state index in [1.54, 1.807) is 41.3 Å². The molecule has 0 spiro atoms. The van der Waals surface area contributed by atoms with Gasteiger partial charge in [0.2, 0.25) is 0 Å². The number of nitrogens with one attached hydrogen (secondary N) is 1. The van der Waals surface area contributed by atoms with E-state index in [0.717, 1.165) is 15.8 Å². The Balaban J connectivity index is 1.28. The molecule has 4 aromatic rings. The van der Waals surface area contributed by atoms with Crippen LogP contribution in [0.3, 0.4) is 0 Å². The molecule has 162 valence electrons. The van der Waals surface area contributed by atoms with Crippen LogP contribution in [0.4, 0.5) is 5.69 Å². The van der Waals surface area contributed by atoms with Crippen LogP contribution in [-0.2, 0) is 13.3 Å². The van der Waals surface area contributed by atoms with Gasteiger partial charge in [-0.25, -0.2) is 4.68 Å². The molecule has 0 bridgehead atoms. The molecular weight excluding hydrogens is 494 g/mol. The van der Waals surface area contributed by atoms with E-state index in [4.69, 9.17) is 21.1 Å². The summed E-state index contributed by atoms with van der Waals surface area (Å²) in [5.41, 5.74) is 2.07. The Morgan fingerprint density at radius 2 is 1.78 bits per heavy atom. The maximum absolute atomic E-state index is 12.5. The standard InChI is InChI=1S/C24H19BrClN3O3/c25-19-8-10-22(11-9-19)32-16-29-14-21(13-27-29)28-24(30)18-6-4-17(5-7-18)15-31-23-3-1-2-20(26)12-23/h1-14H,15-16H2,(H,28,30). The number of benzene rings is 3. The number of ether oxygens (including phenoxy) is 2. The van der Waals surface area contributed by atoms with E-state index in [2.05, 4.69) is 26.3 Å². The molecule has 0 aliphatic heterocycles. The second-order valence-electron chi connectivity index (χ2n) is 6.89. The third kappa shape index (κ3) is 6.12. The summed E-state index contributed by atoms with van der Waals surface area (Å²) < 4.78 is 14.0. The Kier molecular flexibility index (Phi) is 7.09. The summed E-state index contributed by atoms with van der Waals surface area (Å²) in [5.74, 6) is 1.20. The highest BCUT2D eigenvalue weighted by atomic mass is 79.9. The molecule has 1 heterocycles. The fourth-order valence-electron chi connectivity index (χ4n) is 2.85. The summed E-state index contributed by atoms with van der Waals surface area (Å²) >= 11 is 9.35. The van der Waals surface area contributed by atoms with Gasteiger partial charge in [-0.05, 0) is 60.2 Å². The normalized spacial score (nSPS) is 10.6. The molecule has 0 aliphatic carbocycles. The minimum Gasteiger partial charge on any atom is -0.489 e. The molecule has 1 N–H and O–H groups in total. The van der Waals surface area contributed by atoms with Crippen molar-refractivity contribution >= 4 is 39.1 Å². The predicted octanol–water partition coefficient (Wildman–Crippen LogP) is 6.17. The van der Waals surface area contributed by atoms with E-state index in [1.165, 1.54) is 0 Å². The van der Waals surface area contributed by atoms with E-state index >= 15 is 0 Å². The zero-order valence-corrected chi connectivity index (χ0v) is 19.2. The summed E-state index contributed by atoms with van der Waals surface area (Å²) in [7, 11) is 0. The SMILES string of the molecule is O=C(Nc1cnn(COc2ccc(Br)cc2)c1)c1ccc(COc2cccc(Cl)c2)cc1. The largest absolute Gasteiger partial charge is 0.489 e. The minimum atomic E-state index is -0.222. The fourth-order valence-corrected chi connectivity index (χ4v) is 3.29. The van der Waals surface area contributed by atoms with Crippen molar-refractivity contribution in [1.29, 1.82) is 0 Å². The smallest absolute Gasteiger partial charge is 0.255 e. The first-order chi connectivity index (χ1) is 15.5. The number of nitrogens with zero attached hydrogens (tertiary/aromatic N) is 2. The van der Waals surface area contributed by atoms with Crippen LogP contribution in [0.2, 0.25) is 5.02 Å². The van der Waals surface area contributed by atoms with Crippen LogP contribution in [0.5, 0.6) is 11.5 Å². The zero-order valence-electron chi connectivity index (χ0n) is 16.9. The van der Waals surface area contributed by atoms with Gasteiger partial charge in [-0.2, -0.15) is 5.10 Å². The Bertz CT molecular complexity index is 1190. The maximum Gasteiger partial charge on any atom is 0.255 e. The number of hydrogen-bond donors (Lipinski definition) is 1. The average Bonchev–Trinajstić information content (AvgIpc) is 3.25. The van der Waals surface area contributed by atoms with Gasteiger partial charge in [0.05, 0.1) is 18.1 Å². The molecule has 8 heteroatoms. The van der Waals surface area contributed by atoms with Gasteiger partial charge in [0, 0.05) is 15.1 Å². The molecule has 1 amide bonds. The molecular formula is C24H19BrClN3O3. The lowest BCUT2D eigenvalue weighted by Gasteiger charge is -2.08. The monoisotopic (exact) mass is 511 g/mol. The molecule has 0 radical (unpaired) electrons. The van der Waals surface area contributed by atoms with E-state index in [9.17, 15) is 4.79 Å². The molecule has 6 nitrogen and oxygen atoms in total. The molecule has 0 aliphatic rings. The number of hydrogen-bond acceptors (Lipinski definition) is 4. The van der Waals surface area contributed by atoms with Crippen molar-refractivity contribution in [2.24, 2.45) is 0 Å². The van der Waals surface area contributed by atoms with Crippen molar-refractivity contribution in [2.75, 3.05) is 5.32 Å². The van der Waals surface area contributed by atoms with Gasteiger partial charge < -0.3 is 14.8 Å². The lowest BCUT2D eigenvalue weighted by atomic mass is 10.1. The van der Waals surface area contributed by atoms with Crippen molar-refractivity contribution in [3.8, 4) is 11.5 Å². The van der Waals surface area contributed by atoms with Crippen molar-refractivity contribution in [2.45, 2.75) is 13.3 Å². The van der Waals surface area contributed by atoms with Gasteiger partial charge in [0.25, 0.3) is 5.91 Å². The highest BCUT2D eigenvalue weighted by Crippen LogP contribution is 2.19. The van der Waals surface area contributed by atoms with Crippen LogP contribution < -0.4 is 14.8 Å². The van der Waals surface area contributed by atoms with Crippen LogP contribution >= 0.6 is 27.5 Å². The third-order valence-corrected chi connectivity index (χ3v) is 5.25. The Labute approximate surface area is 198 Å². The molecule has 0 saturated heterocycles. The van der Waals surface area contributed by atoms with E-state index in [0.29, 0.717) is 28.6 Å². The second kappa shape index (κ2) is 10.3. The van der Waals surface area contributed by atoms with Gasteiger partial charge >= 0.3 is 0 Å². The number of anilines is 1. The summed E-state index contributed by atoms with van der Waals surface area (Å²) in [6.45, 7) is 0.617. The topological polar surface area (TPSA) is 65.4 Å². The van der Waals surface area contributed by atoms with Crippen molar-refractivity contribution < 1.29 is 14.3 Å². The van der Waals surface area contributed by atoms with Crippen molar-refractivity contribution in [3.05, 3.63) is 106 Å². The first kappa shape index (κ1) is 21.9. The Morgan fingerprint density at radius 3 is 2.53 bits per heavy atom. The molecule has 0 atom stereocenters. The third-order valence-electron chi connectivity index (χ3n) is 4.49. The lowest BCUT2D eigenvalue weighted by Crippen LogP contribution is -2.11. The number of aromatic nitrogens is 2. The molecule has 1 aromatic heterocycles. The number of carbonyl (C=O) groups is 1. The molecule has 0 unspecified atom stereocenters. The summed E-state index contributed by atoms with van der Waals surface area (Å²) in [4.78, 5) is 12.5. The van der Waals surface area contributed by atoms with E-state index < -0.39 is 0 Å². The van der Waals surface area contributed by atoms with Crippen LogP contribution in [0.15, 0.2) is 89.7 Å². The molecule has 3 aromatic carbocycles. The minimum absolute atomic E-state index is 0.222. The van der Waals surface area contributed by atoms with E-state index in [1.807, 2.05) is 48.5 Å². The summed E-state index contributed by atoms with van der Waals surface area (Å²) in [6, 6.07) is 22.0. The van der Waals surface area contributed by atoms with Gasteiger partial charge in [-0.1, -0.05) is 45.7 Å².